The summed E-state index contributed by atoms with van der Waals surface area (Å²) >= 11 is 0. The number of aromatic nitrogens is 12. The van der Waals surface area contributed by atoms with Gasteiger partial charge in [-0.1, -0.05) is 13.8 Å². The van der Waals surface area contributed by atoms with Crippen molar-refractivity contribution < 1.29 is 43.7 Å². The fourth-order valence-electron chi connectivity index (χ4n) is 11.0. The molecule has 0 amide bonds. The number of hydrogen-bond donors (Lipinski definition) is 4. The lowest BCUT2D eigenvalue weighted by Gasteiger charge is -2.27. The Hall–Kier alpha value is -11.0. The summed E-state index contributed by atoms with van der Waals surface area (Å²) in [7, 11) is 15.4. The van der Waals surface area contributed by atoms with Crippen LogP contribution in [0.3, 0.4) is 0 Å². The molecule has 0 bridgehead atoms. The summed E-state index contributed by atoms with van der Waals surface area (Å²) in [6.45, 7) is 8.61. The normalized spacial score (nSPS) is 11.1. The molecule has 25 heteroatoms. The summed E-state index contributed by atoms with van der Waals surface area (Å²) < 4.78 is 38.0. The smallest absolute Gasteiger partial charge is 0.124 e. The molecule has 25 nitrogen and oxygen atoms in total. The Balaban J connectivity index is 0.000000158. The Bertz CT molecular complexity index is 4570. The van der Waals surface area contributed by atoms with E-state index in [1.807, 2.05) is 140 Å². The molecule has 6 aromatic heterocycles. The quantitative estimate of drug-likeness (QED) is 0.0414. The Kier molecular flexibility index (Phi) is 22.7. The standard InChI is InChI=1S/C25H30N6O2.C24H27N5O4.C23H25N5O3/c1-17(2)26-8-9-31(20-10-21(32-4)13-22(11-20)33-5)19-6-7-23-24(12-19)29-25(15-27-23)18-14-28-30(3)16-18;1-28-24(6-8-30)20(14-26-28)23-15-25-21-5-4-16(12-22(21)27-23)29(7-9-31)17-10-18(32-2)13-19(11-17)33-3;1-15-20(13-25-27(15)2)23-14-24-21-6-5-16(11-22(21)26-23)28(7-8-29)17-9-18(30-3)12-19(10-17)31-4/h6-7,10-17,26H,8-9H2,1-5H3;4-5,10-15,30-31H,6-9H2,1-3H3;5-6,9-14,29H,7-8H2,1-4H3. The molecule has 0 atom stereocenters. The van der Waals surface area contributed by atoms with E-state index < -0.39 is 0 Å². The van der Waals surface area contributed by atoms with Crippen LogP contribution in [0.4, 0.5) is 34.1 Å². The van der Waals surface area contributed by atoms with E-state index in [0.717, 1.165) is 126 Å². The number of aryl methyl sites for hydroxylation is 3. The Morgan fingerprint density at radius 3 is 1.19 bits per heavy atom. The van der Waals surface area contributed by atoms with Crippen LogP contribution in [-0.2, 0) is 27.6 Å². The van der Waals surface area contributed by atoms with Crippen LogP contribution in [0, 0.1) is 6.92 Å². The topological polar surface area (TPSA) is 269 Å². The van der Waals surface area contributed by atoms with Gasteiger partial charge in [-0.15, -0.1) is 0 Å². The zero-order valence-electron chi connectivity index (χ0n) is 56.7. The van der Waals surface area contributed by atoms with Gasteiger partial charge >= 0.3 is 0 Å². The summed E-state index contributed by atoms with van der Waals surface area (Å²) in [4.78, 5) is 34.5. The minimum Gasteiger partial charge on any atom is -0.497 e. The van der Waals surface area contributed by atoms with Crippen LogP contribution >= 0.6 is 0 Å². The van der Waals surface area contributed by atoms with Crippen LogP contribution in [0.2, 0.25) is 0 Å². The molecule has 504 valence electrons. The van der Waals surface area contributed by atoms with Crippen LogP contribution in [0.25, 0.3) is 66.9 Å². The van der Waals surface area contributed by atoms with Crippen molar-refractivity contribution >= 4 is 67.2 Å². The fraction of sp³-hybridized carbons (Fsp3) is 0.292. The number of ether oxygens (including phenoxy) is 6. The highest BCUT2D eigenvalue weighted by Gasteiger charge is 2.20. The predicted molar refractivity (Wildman–Crippen MR) is 378 cm³/mol. The van der Waals surface area contributed by atoms with Crippen LogP contribution in [0.15, 0.2) is 153 Å². The number of aliphatic hydroxyl groups excluding tert-OH is 3. The van der Waals surface area contributed by atoms with Gasteiger partial charge in [0.15, 0.2) is 0 Å². The van der Waals surface area contributed by atoms with Crippen molar-refractivity contribution in [2.75, 3.05) is 103 Å². The molecule has 6 aromatic carbocycles. The number of hydrogen-bond acceptors (Lipinski definition) is 22. The second kappa shape index (κ2) is 32.0. The van der Waals surface area contributed by atoms with Gasteiger partial charge in [0, 0.05) is 189 Å². The third-order valence-corrected chi connectivity index (χ3v) is 16.2. The number of benzene rings is 6. The molecule has 12 rings (SSSR count). The molecule has 97 heavy (non-hydrogen) atoms. The van der Waals surface area contributed by atoms with Crippen molar-refractivity contribution in [3.8, 4) is 68.3 Å². The molecule has 0 saturated carbocycles. The van der Waals surface area contributed by atoms with E-state index in [9.17, 15) is 15.3 Å². The molecule has 6 heterocycles. The van der Waals surface area contributed by atoms with Crippen molar-refractivity contribution in [3.05, 3.63) is 164 Å². The average Bonchev–Trinajstić information content (AvgIpc) is 1.52. The third-order valence-electron chi connectivity index (χ3n) is 16.2. The zero-order valence-corrected chi connectivity index (χ0v) is 56.7. The lowest BCUT2D eigenvalue weighted by Crippen LogP contribution is -2.32. The maximum Gasteiger partial charge on any atom is 0.124 e. The van der Waals surface area contributed by atoms with Gasteiger partial charge in [0.05, 0.1) is 143 Å². The molecule has 12 aromatic rings. The van der Waals surface area contributed by atoms with Crippen molar-refractivity contribution in [2.24, 2.45) is 21.1 Å². The SMILES string of the molecule is COc1cc(OC)cc(N(CCNC(C)C)c2ccc3ncc(-c4cnn(C)c4)nc3c2)c1.COc1cc(OC)cc(N(CCO)c2ccc3ncc(-c4cnn(C)c4C)nc3c2)c1.COc1cc(OC)cc(N(CCO)c2ccc3ncc(-c4cnn(C)c4CCO)nc3c2)c1. The van der Waals surface area contributed by atoms with E-state index in [1.165, 1.54) is 0 Å². The number of fused-ring (bicyclic) bond motifs is 3. The maximum absolute atomic E-state index is 9.74. The molecule has 0 unspecified atom stereocenters. The lowest BCUT2D eigenvalue weighted by molar-refractivity contribution is 0.296. The van der Waals surface area contributed by atoms with Crippen LogP contribution < -0.4 is 48.4 Å². The number of anilines is 6. The van der Waals surface area contributed by atoms with E-state index in [4.69, 9.17) is 43.4 Å². The lowest BCUT2D eigenvalue weighted by atomic mass is 10.1. The molecular weight excluding hydrogens is 1230 g/mol. The van der Waals surface area contributed by atoms with Crippen molar-refractivity contribution in [1.82, 2.24) is 64.6 Å². The molecular formula is C72H82N16O9. The number of methoxy groups -OCH3 is 6. The predicted octanol–water partition coefficient (Wildman–Crippen LogP) is 10.4. The Labute approximate surface area is 563 Å². The molecule has 4 N–H and O–H groups in total. The highest BCUT2D eigenvalue weighted by Crippen LogP contribution is 2.38. The largest absolute Gasteiger partial charge is 0.497 e. The highest BCUT2D eigenvalue weighted by molar-refractivity contribution is 5.86. The van der Waals surface area contributed by atoms with Gasteiger partial charge in [-0.25, -0.2) is 15.0 Å². The van der Waals surface area contributed by atoms with E-state index in [1.54, 1.807) is 95.3 Å². The van der Waals surface area contributed by atoms with E-state index in [2.05, 4.69) is 66.4 Å². The number of nitrogens with zero attached hydrogens (tertiary/aromatic N) is 15. The average molecular weight is 1320 g/mol. The summed E-state index contributed by atoms with van der Waals surface area (Å²) in [5.41, 5.74) is 17.0. The molecule has 0 aliphatic carbocycles. The van der Waals surface area contributed by atoms with Gasteiger partial charge in [-0.3, -0.25) is 29.0 Å². The van der Waals surface area contributed by atoms with Crippen LogP contribution in [-0.4, -0.2) is 169 Å². The Morgan fingerprint density at radius 2 is 0.814 bits per heavy atom. The zero-order chi connectivity index (χ0) is 68.7. The minimum atomic E-state index is -0.0382. The first-order valence-electron chi connectivity index (χ1n) is 31.5. The fourth-order valence-corrected chi connectivity index (χ4v) is 11.0. The second-order valence-corrected chi connectivity index (χ2v) is 22.8. The van der Waals surface area contributed by atoms with Gasteiger partial charge in [0.1, 0.15) is 34.5 Å². The molecule has 0 saturated heterocycles. The summed E-state index contributed by atoms with van der Waals surface area (Å²) in [5, 5.41) is 45.2. The summed E-state index contributed by atoms with van der Waals surface area (Å²) in [6, 6.07) is 35.3. The molecule has 0 aliphatic rings. The van der Waals surface area contributed by atoms with E-state index >= 15 is 0 Å². The molecule has 0 fully saturated rings. The second-order valence-electron chi connectivity index (χ2n) is 22.8. The number of rotatable bonds is 25. The van der Waals surface area contributed by atoms with E-state index in [0.29, 0.717) is 59.8 Å². The Morgan fingerprint density at radius 1 is 0.423 bits per heavy atom. The van der Waals surface area contributed by atoms with Crippen LogP contribution in [0.5, 0.6) is 34.5 Å². The highest BCUT2D eigenvalue weighted by atomic mass is 16.5. The summed E-state index contributed by atoms with van der Waals surface area (Å²) in [5.74, 6) is 4.14. The first-order valence-corrected chi connectivity index (χ1v) is 31.5. The minimum absolute atomic E-state index is 0.0157. The maximum atomic E-state index is 9.74. The van der Waals surface area contributed by atoms with Crippen LogP contribution in [0.1, 0.15) is 25.2 Å². The van der Waals surface area contributed by atoms with Gasteiger partial charge in [-0.2, -0.15) is 15.3 Å². The first-order chi connectivity index (χ1) is 47.1. The monoisotopic (exact) mass is 1310 g/mol. The van der Waals surface area contributed by atoms with Crippen molar-refractivity contribution in [3.63, 3.8) is 0 Å². The molecule has 0 spiro atoms. The molecule has 0 radical (unpaired) electrons. The van der Waals surface area contributed by atoms with Crippen molar-refractivity contribution in [2.45, 2.75) is 33.2 Å². The van der Waals surface area contributed by atoms with E-state index in [-0.39, 0.29) is 19.8 Å². The number of aliphatic hydroxyl groups is 3. The van der Waals surface area contributed by atoms with Gasteiger partial charge in [0.25, 0.3) is 0 Å². The summed E-state index contributed by atoms with van der Waals surface area (Å²) in [6.07, 6.45) is 13.0. The van der Waals surface area contributed by atoms with Gasteiger partial charge in [0.2, 0.25) is 0 Å². The first kappa shape index (κ1) is 68.9. The van der Waals surface area contributed by atoms with Gasteiger partial charge < -0.3 is 63.8 Å². The number of nitrogens with one attached hydrogen (secondary N) is 1. The van der Waals surface area contributed by atoms with Crippen molar-refractivity contribution in [1.29, 1.82) is 0 Å². The van der Waals surface area contributed by atoms with Gasteiger partial charge in [-0.05, 0) is 61.5 Å². The molecule has 0 aliphatic heterocycles. The third kappa shape index (κ3) is 16.4.